The highest BCUT2D eigenvalue weighted by atomic mass is 32.1. The fraction of sp³-hybridized carbons (Fsp3) is 0.524. The molecule has 150 valence electrons. The van der Waals surface area contributed by atoms with Crippen molar-refractivity contribution in [3.63, 3.8) is 0 Å². The van der Waals surface area contributed by atoms with Crippen LogP contribution >= 0.6 is 11.3 Å². The van der Waals surface area contributed by atoms with Crippen molar-refractivity contribution in [3.05, 3.63) is 23.2 Å². The van der Waals surface area contributed by atoms with Gasteiger partial charge in [-0.25, -0.2) is 9.97 Å². The van der Waals surface area contributed by atoms with E-state index in [9.17, 15) is 0 Å². The largest absolute Gasteiger partial charge is 0.382 e. The van der Waals surface area contributed by atoms with Crippen molar-refractivity contribution >= 4 is 44.0 Å². The minimum Gasteiger partial charge on any atom is -0.382 e. The van der Waals surface area contributed by atoms with E-state index in [0.717, 1.165) is 65.4 Å². The lowest BCUT2D eigenvalue weighted by molar-refractivity contribution is 0.128. The molecule has 3 N–H and O–H groups in total. The quantitative estimate of drug-likeness (QED) is 0.701. The van der Waals surface area contributed by atoms with Crippen molar-refractivity contribution in [3.8, 4) is 0 Å². The summed E-state index contributed by atoms with van der Waals surface area (Å²) in [6.07, 6.45) is 0. The molecule has 28 heavy (non-hydrogen) atoms. The number of nitrogens with two attached hydrogens (primary N) is 1. The fourth-order valence-electron chi connectivity index (χ4n) is 3.85. The van der Waals surface area contributed by atoms with Crippen LogP contribution in [-0.2, 0) is 6.54 Å². The lowest BCUT2D eigenvalue weighted by Crippen LogP contribution is -2.53. The van der Waals surface area contributed by atoms with E-state index < -0.39 is 0 Å². The van der Waals surface area contributed by atoms with Crippen molar-refractivity contribution in [2.24, 2.45) is 0 Å². The topological polar surface area (TPSA) is 70.3 Å². The van der Waals surface area contributed by atoms with E-state index >= 15 is 0 Å². The van der Waals surface area contributed by atoms with E-state index in [4.69, 9.17) is 10.7 Å². The Labute approximate surface area is 170 Å². The molecule has 6 nitrogen and oxygen atoms in total. The standard InChI is InChI=1S/C21H30N6S/c1-5-23-13-17-25-18-19(28-17)15-12-14(6-7-16(15)24-20(18)22)26-8-10-27(11-9-26)21(2,3)4/h6-7,12,23H,5,8-11,13H2,1-4H3,(H2,22,24). The number of aromatic nitrogens is 2. The highest BCUT2D eigenvalue weighted by molar-refractivity contribution is 7.19. The molecule has 0 aliphatic carbocycles. The Kier molecular flexibility index (Phi) is 5.16. The number of rotatable bonds is 4. The zero-order chi connectivity index (χ0) is 19.9. The van der Waals surface area contributed by atoms with Gasteiger partial charge in [-0.05, 0) is 45.5 Å². The first-order valence-electron chi connectivity index (χ1n) is 10.1. The molecule has 0 unspecified atom stereocenters. The number of pyridine rings is 1. The van der Waals surface area contributed by atoms with Gasteiger partial charge >= 0.3 is 0 Å². The van der Waals surface area contributed by atoms with Crippen molar-refractivity contribution < 1.29 is 0 Å². The van der Waals surface area contributed by atoms with Crippen LogP contribution in [0, 0.1) is 0 Å². The minimum absolute atomic E-state index is 0.231. The van der Waals surface area contributed by atoms with Gasteiger partial charge in [0, 0.05) is 49.3 Å². The molecule has 1 aliphatic heterocycles. The fourth-order valence-corrected chi connectivity index (χ4v) is 4.91. The summed E-state index contributed by atoms with van der Waals surface area (Å²) in [5.41, 5.74) is 9.47. The van der Waals surface area contributed by atoms with Gasteiger partial charge in [0.05, 0.1) is 10.2 Å². The zero-order valence-corrected chi connectivity index (χ0v) is 18.1. The van der Waals surface area contributed by atoms with Crippen LogP contribution in [0.25, 0.3) is 21.1 Å². The molecule has 4 rings (SSSR count). The summed E-state index contributed by atoms with van der Waals surface area (Å²) in [6.45, 7) is 14.9. The van der Waals surface area contributed by atoms with Gasteiger partial charge in [-0.3, -0.25) is 4.90 Å². The van der Waals surface area contributed by atoms with Gasteiger partial charge in [0.1, 0.15) is 10.5 Å². The number of fused-ring (bicyclic) bond motifs is 3. The zero-order valence-electron chi connectivity index (χ0n) is 17.2. The maximum atomic E-state index is 6.20. The number of nitrogen functional groups attached to an aromatic ring is 1. The molecule has 7 heteroatoms. The van der Waals surface area contributed by atoms with E-state index in [-0.39, 0.29) is 5.54 Å². The molecule has 3 aromatic rings. The summed E-state index contributed by atoms with van der Waals surface area (Å²) < 4.78 is 1.14. The molecule has 1 fully saturated rings. The SMILES string of the molecule is CCNCc1nc2c(N)nc3ccc(N4CCN(C(C)(C)C)CC4)cc3c2s1. The number of thiazole rings is 1. The average Bonchev–Trinajstić information content (AvgIpc) is 3.11. The van der Waals surface area contributed by atoms with Crippen molar-refractivity contribution in [1.29, 1.82) is 0 Å². The Morgan fingerprint density at radius 1 is 1.14 bits per heavy atom. The second kappa shape index (κ2) is 7.46. The smallest absolute Gasteiger partial charge is 0.151 e. The predicted molar refractivity (Wildman–Crippen MR) is 120 cm³/mol. The van der Waals surface area contributed by atoms with Crippen LogP contribution in [-0.4, -0.2) is 53.1 Å². The number of piperazine rings is 1. The second-order valence-electron chi connectivity index (χ2n) is 8.41. The molecule has 1 aliphatic rings. The van der Waals surface area contributed by atoms with Crippen molar-refractivity contribution in [1.82, 2.24) is 20.2 Å². The van der Waals surface area contributed by atoms with Crippen LogP contribution in [0.2, 0.25) is 0 Å². The first-order chi connectivity index (χ1) is 13.4. The molecule has 0 amide bonds. The Hall–Kier alpha value is -1.96. The van der Waals surface area contributed by atoms with E-state index in [2.05, 4.69) is 66.0 Å². The van der Waals surface area contributed by atoms with Gasteiger partial charge in [0.2, 0.25) is 0 Å². The van der Waals surface area contributed by atoms with Crippen LogP contribution in [0.15, 0.2) is 18.2 Å². The first-order valence-corrected chi connectivity index (χ1v) is 10.9. The Bertz CT molecular complexity index is 982. The van der Waals surface area contributed by atoms with Crippen molar-refractivity contribution in [2.75, 3.05) is 43.4 Å². The van der Waals surface area contributed by atoms with E-state index in [1.165, 1.54) is 5.69 Å². The molecule has 0 saturated carbocycles. The van der Waals surface area contributed by atoms with Crippen LogP contribution < -0.4 is 16.0 Å². The maximum Gasteiger partial charge on any atom is 0.151 e. The first kappa shape index (κ1) is 19.4. The summed E-state index contributed by atoms with van der Waals surface area (Å²) >= 11 is 1.72. The summed E-state index contributed by atoms with van der Waals surface area (Å²) in [5.74, 6) is 0.521. The Morgan fingerprint density at radius 2 is 1.89 bits per heavy atom. The highest BCUT2D eigenvalue weighted by Crippen LogP contribution is 2.35. The Morgan fingerprint density at radius 3 is 2.57 bits per heavy atom. The van der Waals surface area contributed by atoms with Gasteiger partial charge in [-0.2, -0.15) is 0 Å². The number of benzene rings is 1. The number of nitrogens with zero attached hydrogens (tertiary/aromatic N) is 4. The molecule has 0 bridgehead atoms. The predicted octanol–water partition coefficient (Wildman–Crippen LogP) is 3.46. The third-order valence-corrected chi connectivity index (χ3v) is 6.59. The van der Waals surface area contributed by atoms with Gasteiger partial charge in [-0.15, -0.1) is 11.3 Å². The number of nitrogens with one attached hydrogen (secondary N) is 1. The van der Waals surface area contributed by atoms with E-state index in [1.54, 1.807) is 11.3 Å². The molecule has 3 heterocycles. The molecule has 1 saturated heterocycles. The second-order valence-corrected chi connectivity index (χ2v) is 9.49. The average molecular weight is 399 g/mol. The maximum absolute atomic E-state index is 6.20. The molecule has 0 spiro atoms. The van der Waals surface area contributed by atoms with Gasteiger partial charge < -0.3 is 16.0 Å². The number of anilines is 2. The lowest BCUT2D eigenvalue weighted by Gasteiger charge is -2.43. The van der Waals surface area contributed by atoms with Crippen LogP contribution in [0.5, 0.6) is 0 Å². The molecule has 0 radical (unpaired) electrons. The normalized spacial score (nSPS) is 16.4. The highest BCUT2D eigenvalue weighted by Gasteiger charge is 2.26. The Balaban J connectivity index is 1.67. The molecule has 1 aromatic carbocycles. The minimum atomic E-state index is 0.231. The molecule has 2 aromatic heterocycles. The van der Waals surface area contributed by atoms with Crippen LogP contribution in [0.1, 0.15) is 32.7 Å². The third kappa shape index (κ3) is 3.66. The van der Waals surface area contributed by atoms with E-state index in [1.807, 2.05) is 0 Å². The number of hydrogen-bond donors (Lipinski definition) is 2. The van der Waals surface area contributed by atoms with Gasteiger partial charge in [-0.1, -0.05) is 6.92 Å². The third-order valence-electron chi connectivity index (χ3n) is 5.50. The lowest BCUT2D eigenvalue weighted by atomic mass is 10.0. The van der Waals surface area contributed by atoms with Crippen molar-refractivity contribution in [2.45, 2.75) is 39.8 Å². The van der Waals surface area contributed by atoms with E-state index in [0.29, 0.717) is 5.82 Å². The monoisotopic (exact) mass is 398 g/mol. The molecule has 0 atom stereocenters. The molecular weight excluding hydrogens is 368 g/mol. The summed E-state index contributed by atoms with van der Waals surface area (Å²) in [6, 6.07) is 6.54. The van der Waals surface area contributed by atoms with Crippen LogP contribution in [0.3, 0.4) is 0 Å². The number of hydrogen-bond acceptors (Lipinski definition) is 7. The summed E-state index contributed by atoms with van der Waals surface area (Å²) in [4.78, 5) is 14.4. The molecular formula is C21H30N6S. The summed E-state index contributed by atoms with van der Waals surface area (Å²) in [7, 11) is 0. The van der Waals surface area contributed by atoms with Gasteiger partial charge in [0.15, 0.2) is 5.82 Å². The van der Waals surface area contributed by atoms with Gasteiger partial charge in [0.25, 0.3) is 0 Å². The van der Waals surface area contributed by atoms with Crippen LogP contribution in [0.4, 0.5) is 11.5 Å². The summed E-state index contributed by atoms with van der Waals surface area (Å²) in [5, 5.41) is 5.56.